The van der Waals surface area contributed by atoms with Crippen LogP contribution >= 0.6 is 0 Å². The van der Waals surface area contributed by atoms with Gasteiger partial charge in [0.15, 0.2) is 0 Å². The monoisotopic (exact) mass is 289 g/mol. The first-order chi connectivity index (χ1) is 9.26. The number of likely N-dealkylation sites (N-methyl/N-ethyl adjacent to an activating group) is 1. The standard InChI is InChI=1S/C13H14F3NO3/c1-17-6-10(11(7-17)12(18)19)8-3-2-4-9(5-8)20-13(14,15)16/h2-5,10-11H,6-7H2,1H3,(H,18,19). The number of benzene rings is 1. The Kier molecular flexibility index (Phi) is 3.89. The maximum atomic E-state index is 12.2. The van der Waals surface area contributed by atoms with Crippen LogP contribution < -0.4 is 4.74 Å². The van der Waals surface area contributed by atoms with Gasteiger partial charge < -0.3 is 14.7 Å². The fraction of sp³-hybridized carbons (Fsp3) is 0.462. The largest absolute Gasteiger partial charge is 0.573 e. The quantitative estimate of drug-likeness (QED) is 0.927. The van der Waals surface area contributed by atoms with Crippen LogP contribution in [0.1, 0.15) is 11.5 Å². The number of carboxylic acids is 1. The van der Waals surface area contributed by atoms with E-state index < -0.39 is 18.2 Å². The van der Waals surface area contributed by atoms with Crippen molar-refractivity contribution in [3.8, 4) is 5.75 Å². The van der Waals surface area contributed by atoms with Crippen LogP contribution in [-0.4, -0.2) is 42.5 Å². The molecule has 1 aliphatic heterocycles. The fourth-order valence-corrected chi connectivity index (χ4v) is 2.53. The SMILES string of the molecule is CN1CC(C(=O)O)C(c2cccc(OC(F)(F)F)c2)C1. The zero-order valence-corrected chi connectivity index (χ0v) is 10.7. The lowest BCUT2D eigenvalue weighted by Gasteiger charge is -2.16. The van der Waals surface area contributed by atoms with Gasteiger partial charge in [-0.1, -0.05) is 12.1 Å². The molecule has 1 aromatic carbocycles. The maximum absolute atomic E-state index is 12.2. The number of carboxylic acid groups (broad SMARTS) is 1. The predicted octanol–water partition coefficient (Wildman–Crippen LogP) is 2.32. The molecule has 1 fully saturated rings. The first kappa shape index (κ1) is 14.6. The van der Waals surface area contributed by atoms with E-state index in [1.54, 1.807) is 13.1 Å². The van der Waals surface area contributed by atoms with E-state index in [2.05, 4.69) is 4.74 Å². The lowest BCUT2D eigenvalue weighted by Crippen LogP contribution is -2.21. The van der Waals surface area contributed by atoms with Crippen LogP contribution in [0.25, 0.3) is 0 Å². The summed E-state index contributed by atoms with van der Waals surface area (Å²) in [7, 11) is 1.78. The smallest absolute Gasteiger partial charge is 0.481 e. The van der Waals surface area contributed by atoms with Crippen LogP contribution in [-0.2, 0) is 4.79 Å². The zero-order valence-electron chi connectivity index (χ0n) is 10.7. The van der Waals surface area contributed by atoms with E-state index >= 15 is 0 Å². The number of hydrogen-bond acceptors (Lipinski definition) is 3. The van der Waals surface area contributed by atoms with E-state index in [1.807, 2.05) is 4.90 Å². The minimum absolute atomic E-state index is 0.325. The fourth-order valence-electron chi connectivity index (χ4n) is 2.53. The zero-order chi connectivity index (χ0) is 14.9. The van der Waals surface area contributed by atoms with E-state index in [-0.39, 0.29) is 11.7 Å². The van der Waals surface area contributed by atoms with Crippen LogP contribution in [0.3, 0.4) is 0 Å². The molecule has 7 heteroatoms. The molecule has 0 bridgehead atoms. The van der Waals surface area contributed by atoms with Crippen LogP contribution in [0.5, 0.6) is 5.75 Å². The average molecular weight is 289 g/mol. The third-order valence-electron chi connectivity index (χ3n) is 3.34. The molecule has 1 aromatic rings. The summed E-state index contributed by atoms with van der Waals surface area (Å²) in [5.74, 6) is -2.23. The van der Waals surface area contributed by atoms with E-state index in [0.29, 0.717) is 18.7 Å². The Hall–Kier alpha value is -1.76. The summed E-state index contributed by atoms with van der Waals surface area (Å²) >= 11 is 0. The van der Waals surface area contributed by atoms with Gasteiger partial charge in [0.1, 0.15) is 5.75 Å². The topological polar surface area (TPSA) is 49.8 Å². The molecule has 2 unspecified atom stereocenters. The number of alkyl halides is 3. The highest BCUT2D eigenvalue weighted by molar-refractivity contribution is 5.72. The van der Waals surface area contributed by atoms with Gasteiger partial charge in [0.25, 0.3) is 0 Å². The number of aliphatic carboxylic acids is 1. The summed E-state index contributed by atoms with van der Waals surface area (Å²) in [4.78, 5) is 13.1. The second-order valence-electron chi connectivity index (χ2n) is 4.89. The van der Waals surface area contributed by atoms with Crippen molar-refractivity contribution >= 4 is 5.97 Å². The Bertz CT molecular complexity index is 504. The van der Waals surface area contributed by atoms with Crippen molar-refractivity contribution in [2.75, 3.05) is 20.1 Å². The Morgan fingerprint density at radius 1 is 1.40 bits per heavy atom. The lowest BCUT2D eigenvalue weighted by atomic mass is 9.89. The number of carbonyl (C=O) groups is 1. The number of nitrogens with zero attached hydrogens (tertiary/aromatic N) is 1. The van der Waals surface area contributed by atoms with Crippen LogP contribution in [0, 0.1) is 5.92 Å². The van der Waals surface area contributed by atoms with Gasteiger partial charge >= 0.3 is 12.3 Å². The molecule has 20 heavy (non-hydrogen) atoms. The van der Waals surface area contributed by atoms with Crippen molar-refractivity contribution in [3.63, 3.8) is 0 Å². The summed E-state index contributed by atoms with van der Waals surface area (Å²) in [6.07, 6.45) is -4.75. The van der Waals surface area contributed by atoms with Gasteiger partial charge in [0, 0.05) is 19.0 Å². The highest BCUT2D eigenvalue weighted by atomic mass is 19.4. The second-order valence-corrected chi connectivity index (χ2v) is 4.89. The highest BCUT2D eigenvalue weighted by Gasteiger charge is 2.37. The molecule has 110 valence electrons. The van der Waals surface area contributed by atoms with Crippen LogP contribution in [0.4, 0.5) is 13.2 Å². The average Bonchev–Trinajstić information content (AvgIpc) is 2.69. The van der Waals surface area contributed by atoms with E-state index in [0.717, 1.165) is 0 Å². The molecule has 0 amide bonds. The molecular weight excluding hydrogens is 275 g/mol. The van der Waals surface area contributed by atoms with Crippen molar-refractivity contribution < 1.29 is 27.8 Å². The molecule has 0 aromatic heterocycles. The molecule has 2 atom stereocenters. The number of likely N-dealkylation sites (tertiary alicyclic amines) is 1. The Morgan fingerprint density at radius 2 is 2.10 bits per heavy atom. The van der Waals surface area contributed by atoms with Gasteiger partial charge in [-0.15, -0.1) is 13.2 Å². The van der Waals surface area contributed by atoms with Crippen molar-refractivity contribution in [1.82, 2.24) is 4.90 Å². The molecule has 2 rings (SSSR count). The van der Waals surface area contributed by atoms with E-state index in [1.165, 1.54) is 18.2 Å². The van der Waals surface area contributed by atoms with Gasteiger partial charge in [-0.2, -0.15) is 0 Å². The number of rotatable bonds is 3. The summed E-state index contributed by atoms with van der Waals surface area (Å²) < 4.78 is 40.4. The van der Waals surface area contributed by atoms with Crippen molar-refractivity contribution in [2.45, 2.75) is 12.3 Å². The van der Waals surface area contributed by atoms with E-state index in [9.17, 15) is 23.1 Å². The molecule has 0 aliphatic carbocycles. The van der Waals surface area contributed by atoms with Crippen molar-refractivity contribution in [2.24, 2.45) is 5.92 Å². The molecular formula is C13H14F3NO3. The summed E-state index contributed by atoms with van der Waals surface area (Å²) in [6, 6.07) is 5.52. The Labute approximate surface area is 113 Å². The lowest BCUT2D eigenvalue weighted by molar-refractivity contribution is -0.274. The number of ether oxygens (including phenoxy) is 1. The molecule has 1 saturated heterocycles. The second kappa shape index (κ2) is 5.32. The number of halogens is 3. The van der Waals surface area contributed by atoms with Crippen molar-refractivity contribution in [3.05, 3.63) is 29.8 Å². The molecule has 1 heterocycles. The van der Waals surface area contributed by atoms with Gasteiger partial charge in [-0.05, 0) is 24.7 Å². The van der Waals surface area contributed by atoms with Gasteiger partial charge in [-0.25, -0.2) is 0 Å². The molecule has 0 radical (unpaired) electrons. The third kappa shape index (κ3) is 3.41. The third-order valence-corrected chi connectivity index (χ3v) is 3.34. The summed E-state index contributed by atoms with van der Waals surface area (Å²) in [6.45, 7) is 0.872. The van der Waals surface area contributed by atoms with Gasteiger partial charge in [0.05, 0.1) is 5.92 Å². The first-order valence-corrected chi connectivity index (χ1v) is 6.03. The maximum Gasteiger partial charge on any atom is 0.573 e. The molecule has 1 N–H and O–H groups in total. The van der Waals surface area contributed by atoms with Crippen LogP contribution in [0.2, 0.25) is 0 Å². The Morgan fingerprint density at radius 3 is 2.70 bits per heavy atom. The summed E-state index contributed by atoms with van der Waals surface area (Å²) in [5.41, 5.74) is 0.545. The van der Waals surface area contributed by atoms with E-state index in [4.69, 9.17) is 0 Å². The molecule has 4 nitrogen and oxygen atoms in total. The van der Waals surface area contributed by atoms with Gasteiger partial charge in [-0.3, -0.25) is 4.79 Å². The minimum Gasteiger partial charge on any atom is -0.481 e. The molecule has 0 saturated carbocycles. The van der Waals surface area contributed by atoms with Gasteiger partial charge in [0.2, 0.25) is 0 Å². The highest BCUT2D eigenvalue weighted by Crippen LogP contribution is 2.34. The van der Waals surface area contributed by atoms with Crippen LogP contribution in [0.15, 0.2) is 24.3 Å². The molecule has 1 aliphatic rings. The first-order valence-electron chi connectivity index (χ1n) is 6.03. The number of hydrogen-bond donors (Lipinski definition) is 1. The Balaban J connectivity index is 2.24. The molecule has 0 spiro atoms. The minimum atomic E-state index is -4.75. The van der Waals surface area contributed by atoms with Crippen molar-refractivity contribution in [1.29, 1.82) is 0 Å². The predicted molar refractivity (Wildman–Crippen MR) is 64.5 cm³/mol. The normalized spacial score (nSPS) is 23.8. The summed E-state index contributed by atoms with van der Waals surface area (Å²) in [5, 5.41) is 9.18.